The van der Waals surface area contributed by atoms with Crippen molar-refractivity contribution in [3.05, 3.63) is 35.0 Å². The molecular formula is C14H18FNO2S. The third kappa shape index (κ3) is 4.24. The van der Waals surface area contributed by atoms with Crippen LogP contribution in [-0.2, 0) is 11.2 Å². The fourth-order valence-electron chi connectivity index (χ4n) is 1.86. The number of halogens is 1. The molecule has 0 aliphatic rings. The Kier molecular flexibility index (Phi) is 5.72. The lowest BCUT2D eigenvalue weighted by Gasteiger charge is -2.06. The van der Waals surface area contributed by atoms with Crippen molar-refractivity contribution in [3.8, 4) is 0 Å². The molecule has 1 heterocycles. The summed E-state index contributed by atoms with van der Waals surface area (Å²) < 4.78 is 20.2. The van der Waals surface area contributed by atoms with E-state index in [2.05, 4.69) is 5.32 Å². The van der Waals surface area contributed by atoms with Gasteiger partial charge in [0, 0.05) is 17.8 Å². The average molecular weight is 283 g/mol. The maximum atomic E-state index is 13.8. The molecule has 0 amide bonds. The Bertz CT molecular complexity index is 515. The molecular weight excluding hydrogens is 265 g/mol. The number of aliphatic hydroxyl groups is 1. The molecule has 0 radical (unpaired) electrons. The molecule has 104 valence electrons. The second kappa shape index (κ2) is 7.55. The quantitative estimate of drug-likeness (QED) is 0.730. The molecule has 0 atom stereocenters. The Morgan fingerprint density at radius 1 is 1.26 bits per heavy atom. The van der Waals surface area contributed by atoms with Gasteiger partial charge in [0.1, 0.15) is 5.82 Å². The topological polar surface area (TPSA) is 41.5 Å². The second-order valence-corrected chi connectivity index (χ2v) is 5.19. The first-order valence-corrected chi connectivity index (χ1v) is 7.24. The van der Waals surface area contributed by atoms with Crippen LogP contribution in [0.1, 0.15) is 5.56 Å². The van der Waals surface area contributed by atoms with E-state index in [0.717, 1.165) is 10.1 Å². The maximum Gasteiger partial charge on any atom is 0.127 e. The zero-order valence-corrected chi connectivity index (χ0v) is 11.5. The summed E-state index contributed by atoms with van der Waals surface area (Å²) in [5.74, 6) is -0.156. The highest BCUT2D eigenvalue weighted by Crippen LogP contribution is 2.24. The maximum absolute atomic E-state index is 13.8. The number of nitrogens with one attached hydrogen (secondary N) is 1. The summed E-state index contributed by atoms with van der Waals surface area (Å²) >= 11 is 1.55. The first-order chi connectivity index (χ1) is 9.31. The first kappa shape index (κ1) is 14.4. The van der Waals surface area contributed by atoms with Crippen molar-refractivity contribution in [3.63, 3.8) is 0 Å². The molecule has 3 nitrogen and oxygen atoms in total. The van der Waals surface area contributed by atoms with Gasteiger partial charge in [0.25, 0.3) is 0 Å². The standard InChI is InChI=1S/C14H18FNO2S/c15-13-10-14-12(2-8-19-14)9-11(13)1-6-18-7-4-16-3-5-17/h2,8-10,16-17H,1,3-7H2. The molecule has 2 aromatic rings. The zero-order chi connectivity index (χ0) is 13.5. The molecule has 0 saturated heterocycles. The van der Waals surface area contributed by atoms with Gasteiger partial charge in [-0.3, -0.25) is 0 Å². The Morgan fingerprint density at radius 3 is 3.00 bits per heavy atom. The predicted octanol–water partition coefficient (Wildman–Crippen LogP) is 2.18. The molecule has 0 spiro atoms. The number of hydrogen-bond acceptors (Lipinski definition) is 4. The van der Waals surface area contributed by atoms with Gasteiger partial charge in [0.05, 0.1) is 19.8 Å². The Morgan fingerprint density at radius 2 is 2.16 bits per heavy atom. The SMILES string of the molecule is OCCNCCOCCc1cc2ccsc2cc1F. The van der Waals surface area contributed by atoms with E-state index in [9.17, 15) is 4.39 Å². The van der Waals surface area contributed by atoms with E-state index in [1.165, 1.54) is 0 Å². The second-order valence-electron chi connectivity index (χ2n) is 4.24. The van der Waals surface area contributed by atoms with Crippen LogP contribution in [-0.4, -0.2) is 38.0 Å². The summed E-state index contributed by atoms with van der Waals surface area (Å²) in [6, 6.07) is 5.50. The van der Waals surface area contributed by atoms with Gasteiger partial charge in [-0.05, 0) is 40.9 Å². The molecule has 0 saturated carbocycles. The lowest BCUT2D eigenvalue weighted by Crippen LogP contribution is -2.23. The van der Waals surface area contributed by atoms with Gasteiger partial charge in [-0.2, -0.15) is 0 Å². The molecule has 0 aliphatic heterocycles. The molecule has 1 aromatic heterocycles. The summed E-state index contributed by atoms with van der Waals surface area (Å²) in [4.78, 5) is 0. The Labute approximate surface area is 116 Å². The smallest absolute Gasteiger partial charge is 0.127 e. The largest absolute Gasteiger partial charge is 0.395 e. The van der Waals surface area contributed by atoms with E-state index in [4.69, 9.17) is 9.84 Å². The number of ether oxygens (including phenoxy) is 1. The lowest BCUT2D eigenvalue weighted by atomic mass is 10.1. The van der Waals surface area contributed by atoms with Crippen molar-refractivity contribution in [2.24, 2.45) is 0 Å². The van der Waals surface area contributed by atoms with Crippen LogP contribution in [0.3, 0.4) is 0 Å². The van der Waals surface area contributed by atoms with Crippen LogP contribution in [0.2, 0.25) is 0 Å². The minimum Gasteiger partial charge on any atom is -0.395 e. The van der Waals surface area contributed by atoms with Gasteiger partial charge in [-0.1, -0.05) is 0 Å². The Balaban J connectivity index is 1.76. The van der Waals surface area contributed by atoms with Crippen molar-refractivity contribution < 1.29 is 14.2 Å². The fraction of sp³-hybridized carbons (Fsp3) is 0.429. The highest BCUT2D eigenvalue weighted by Gasteiger charge is 2.05. The molecule has 1 aromatic carbocycles. The van der Waals surface area contributed by atoms with Gasteiger partial charge in [-0.25, -0.2) is 4.39 Å². The molecule has 0 unspecified atom stereocenters. The van der Waals surface area contributed by atoms with Crippen LogP contribution < -0.4 is 5.32 Å². The fourth-order valence-corrected chi connectivity index (χ4v) is 2.65. The number of thiophene rings is 1. The third-order valence-electron chi connectivity index (χ3n) is 2.85. The molecule has 0 aliphatic carbocycles. The summed E-state index contributed by atoms with van der Waals surface area (Å²) in [7, 11) is 0. The zero-order valence-electron chi connectivity index (χ0n) is 10.7. The van der Waals surface area contributed by atoms with Crippen molar-refractivity contribution in [2.75, 3.05) is 32.9 Å². The molecule has 19 heavy (non-hydrogen) atoms. The van der Waals surface area contributed by atoms with Crippen molar-refractivity contribution >= 4 is 21.4 Å². The van der Waals surface area contributed by atoms with E-state index >= 15 is 0 Å². The monoisotopic (exact) mass is 283 g/mol. The van der Waals surface area contributed by atoms with Crippen LogP contribution in [0.15, 0.2) is 23.6 Å². The molecule has 2 N–H and O–H groups in total. The van der Waals surface area contributed by atoms with Gasteiger partial charge < -0.3 is 15.2 Å². The molecule has 0 fully saturated rings. The van der Waals surface area contributed by atoms with Crippen molar-refractivity contribution in [1.29, 1.82) is 0 Å². The number of hydrogen-bond donors (Lipinski definition) is 2. The normalized spacial score (nSPS) is 11.3. The van der Waals surface area contributed by atoms with Gasteiger partial charge in [0.2, 0.25) is 0 Å². The predicted molar refractivity (Wildman–Crippen MR) is 76.3 cm³/mol. The average Bonchev–Trinajstić information content (AvgIpc) is 2.84. The highest BCUT2D eigenvalue weighted by atomic mass is 32.1. The highest BCUT2D eigenvalue weighted by molar-refractivity contribution is 7.17. The van der Waals surface area contributed by atoms with Crippen LogP contribution in [0, 0.1) is 5.82 Å². The third-order valence-corrected chi connectivity index (χ3v) is 3.73. The van der Waals surface area contributed by atoms with Crippen LogP contribution in [0.4, 0.5) is 4.39 Å². The van der Waals surface area contributed by atoms with Gasteiger partial charge in [0.15, 0.2) is 0 Å². The van der Waals surface area contributed by atoms with Gasteiger partial charge in [-0.15, -0.1) is 11.3 Å². The number of rotatable bonds is 8. The summed E-state index contributed by atoms with van der Waals surface area (Å²) in [6.45, 7) is 2.49. The van der Waals surface area contributed by atoms with Gasteiger partial charge >= 0.3 is 0 Å². The van der Waals surface area contributed by atoms with Crippen LogP contribution in [0.5, 0.6) is 0 Å². The minimum absolute atomic E-state index is 0.131. The first-order valence-electron chi connectivity index (χ1n) is 6.36. The van der Waals surface area contributed by atoms with Crippen LogP contribution >= 0.6 is 11.3 Å². The lowest BCUT2D eigenvalue weighted by molar-refractivity contribution is 0.137. The Hall–Kier alpha value is -1.01. The van der Waals surface area contributed by atoms with E-state index in [1.54, 1.807) is 17.4 Å². The van der Waals surface area contributed by atoms with Crippen LogP contribution in [0.25, 0.3) is 10.1 Å². The molecule has 0 bridgehead atoms. The van der Waals surface area contributed by atoms with E-state index < -0.39 is 0 Å². The number of benzene rings is 1. The number of aliphatic hydroxyl groups excluding tert-OH is 1. The van der Waals surface area contributed by atoms with Crippen molar-refractivity contribution in [2.45, 2.75) is 6.42 Å². The summed E-state index contributed by atoms with van der Waals surface area (Å²) in [5, 5.41) is 14.6. The minimum atomic E-state index is -0.156. The van der Waals surface area contributed by atoms with Crippen molar-refractivity contribution in [1.82, 2.24) is 5.32 Å². The van der Waals surface area contributed by atoms with E-state index in [0.29, 0.717) is 38.3 Å². The van der Waals surface area contributed by atoms with E-state index in [-0.39, 0.29) is 12.4 Å². The summed E-state index contributed by atoms with van der Waals surface area (Å²) in [5.41, 5.74) is 0.703. The molecule has 5 heteroatoms. The number of fused-ring (bicyclic) bond motifs is 1. The summed E-state index contributed by atoms with van der Waals surface area (Å²) in [6.07, 6.45) is 0.581. The van der Waals surface area contributed by atoms with E-state index in [1.807, 2.05) is 17.5 Å². The molecule has 2 rings (SSSR count).